The lowest BCUT2D eigenvalue weighted by Gasteiger charge is -2.64. The number of nitrogens with two attached hydrogens (primary N) is 2. The smallest absolute Gasteiger partial charge is 0.405 e. The van der Waals surface area contributed by atoms with Crippen LogP contribution in [0.2, 0.25) is 5.82 Å². The van der Waals surface area contributed by atoms with Crippen LogP contribution in [0.4, 0.5) is 13.2 Å². The quantitative estimate of drug-likeness (QED) is 0.0527. The molecule has 1 saturated heterocycles. The van der Waals surface area contributed by atoms with Crippen LogP contribution >= 0.6 is 0 Å². The second kappa shape index (κ2) is 20.3. The Balaban J connectivity index is 1.17. The zero-order chi connectivity index (χ0) is 45.7. The number of halogens is 3. The Morgan fingerprint density at radius 1 is 0.855 bits per heavy atom. The summed E-state index contributed by atoms with van der Waals surface area (Å²) in [4.78, 5) is 67.8. The summed E-state index contributed by atoms with van der Waals surface area (Å²) >= 11 is 0. The number of rotatable bonds is 22. The van der Waals surface area contributed by atoms with Crippen molar-refractivity contribution in [3.8, 4) is 11.1 Å². The van der Waals surface area contributed by atoms with Crippen LogP contribution in [0.25, 0.3) is 11.1 Å². The van der Waals surface area contributed by atoms with Gasteiger partial charge in [-0.05, 0) is 106 Å². The Labute approximate surface area is 363 Å². The van der Waals surface area contributed by atoms with Gasteiger partial charge >= 0.3 is 13.3 Å². The third-order valence-electron chi connectivity index (χ3n) is 13.8. The van der Waals surface area contributed by atoms with E-state index in [2.05, 4.69) is 31.4 Å². The molecule has 7 N–H and O–H groups in total. The lowest BCUT2D eigenvalue weighted by molar-refractivity contribution is -0.199. The molecule has 6 rings (SSSR count). The molecule has 340 valence electrons. The number of hydrogen-bond acceptors (Lipinski definition) is 10. The van der Waals surface area contributed by atoms with Gasteiger partial charge in [0.05, 0.1) is 29.4 Å². The molecule has 0 radical (unpaired) electrons. The first kappa shape index (κ1) is 49.1. The van der Waals surface area contributed by atoms with E-state index in [-0.39, 0.29) is 72.0 Å². The molecule has 0 spiro atoms. The predicted molar refractivity (Wildman–Crippen MR) is 229 cm³/mol. The summed E-state index contributed by atoms with van der Waals surface area (Å²) in [6.45, 7) is 11.9. The highest BCUT2D eigenvalue weighted by molar-refractivity contribution is 6.47. The van der Waals surface area contributed by atoms with Gasteiger partial charge in [0, 0.05) is 36.7 Å². The fourth-order valence-corrected chi connectivity index (χ4v) is 9.77. The van der Waals surface area contributed by atoms with E-state index in [1.165, 1.54) is 56.3 Å². The summed E-state index contributed by atoms with van der Waals surface area (Å²) in [6.07, 6.45) is -2.87. The number of alkyl halides is 3. The van der Waals surface area contributed by atoms with E-state index >= 15 is 0 Å². The number of carbonyl (C=O) groups is 5. The summed E-state index contributed by atoms with van der Waals surface area (Å²) < 4.78 is 53.8. The van der Waals surface area contributed by atoms with Crippen molar-refractivity contribution in [3.05, 3.63) is 59.7 Å². The molecular formula is C46H64BF3N4O8. The summed E-state index contributed by atoms with van der Waals surface area (Å²) in [5, 5.41) is 16.0. The van der Waals surface area contributed by atoms with E-state index in [9.17, 15) is 42.3 Å². The van der Waals surface area contributed by atoms with E-state index in [1.54, 1.807) is 0 Å². The maximum absolute atomic E-state index is 13.8. The zero-order valence-electron chi connectivity index (χ0n) is 36.8. The topological polar surface area (TPSA) is 200 Å². The van der Waals surface area contributed by atoms with Gasteiger partial charge in [0.2, 0.25) is 11.8 Å². The minimum absolute atomic E-state index is 0.0206. The highest BCUT2D eigenvalue weighted by atomic mass is 19.4. The van der Waals surface area contributed by atoms with Crippen molar-refractivity contribution in [2.75, 3.05) is 13.1 Å². The Kier molecular flexibility index (Phi) is 16.0. The molecule has 3 aliphatic carbocycles. The van der Waals surface area contributed by atoms with Crippen molar-refractivity contribution in [2.45, 2.75) is 141 Å². The molecule has 2 bridgehead atoms. The number of unbranched alkanes of at least 4 members (excludes halogenated alkanes) is 1. The minimum atomic E-state index is -4.58. The monoisotopic (exact) mass is 868 g/mol. The molecule has 4 fully saturated rings. The van der Waals surface area contributed by atoms with Gasteiger partial charge in [-0.25, -0.2) is 0 Å². The summed E-state index contributed by atoms with van der Waals surface area (Å²) in [6, 6.07) is 8.43. The fourth-order valence-electron chi connectivity index (χ4n) is 9.77. The molecule has 2 amide bonds. The maximum Gasteiger partial charge on any atom is 0.461 e. The first-order valence-corrected chi connectivity index (χ1v) is 22.0. The van der Waals surface area contributed by atoms with Crippen molar-refractivity contribution >= 4 is 36.3 Å². The van der Waals surface area contributed by atoms with Gasteiger partial charge in [-0.3, -0.25) is 24.0 Å². The second-order valence-electron chi connectivity index (χ2n) is 18.7. The van der Waals surface area contributed by atoms with Crippen molar-refractivity contribution in [1.29, 1.82) is 0 Å². The van der Waals surface area contributed by atoms with Crippen LogP contribution in [0.3, 0.4) is 0 Å². The molecule has 1 unspecified atom stereocenters. The summed E-state index contributed by atoms with van der Waals surface area (Å²) in [5.41, 5.74) is 10.8. The van der Waals surface area contributed by atoms with E-state index < -0.39 is 77.9 Å². The van der Waals surface area contributed by atoms with E-state index in [0.717, 1.165) is 18.9 Å². The Hall–Kier alpha value is -3.96. The Morgan fingerprint density at radius 2 is 1.53 bits per heavy atom. The lowest BCUT2D eigenvalue weighted by atomic mass is 9.43. The fraction of sp³-hybridized carbons (Fsp3) is 0.630. The van der Waals surface area contributed by atoms with E-state index in [0.29, 0.717) is 37.6 Å². The number of nitrogens with one attached hydrogen (secondary N) is 2. The van der Waals surface area contributed by atoms with Gasteiger partial charge in [0.25, 0.3) is 0 Å². The first-order valence-electron chi connectivity index (χ1n) is 22.0. The number of aliphatic hydroxyl groups excluding tert-OH is 1. The predicted octanol–water partition coefficient (Wildman–Crippen LogP) is 6.06. The van der Waals surface area contributed by atoms with Crippen molar-refractivity contribution < 1.29 is 51.6 Å². The lowest BCUT2D eigenvalue weighted by Crippen LogP contribution is -2.65. The Bertz CT molecular complexity index is 1930. The van der Waals surface area contributed by atoms with Gasteiger partial charge in [0.1, 0.15) is 6.04 Å². The van der Waals surface area contributed by atoms with Crippen molar-refractivity contribution in [1.82, 2.24) is 10.6 Å². The molecule has 12 nitrogen and oxygen atoms in total. The summed E-state index contributed by atoms with van der Waals surface area (Å²) in [7, 11) is -0.555. The second-order valence-corrected chi connectivity index (χ2v) is 18.7. The largest absolute Gasteiger partial charge is 0.461 e. The van der Waals surface area contributed by atoms with Crippen molar-refractivity contribution in [2.24, 2.45) is 40.6 Å². The van der Waals surface area contributed by atoms with Crippen LogP contribution < -0.4 is 22.1 Å². The highest BCUT2D eigenvalue weighted by Crippen LogP contribution is 2.66. The van der Waals surface area contributed by atoms with E-state index in [4.69, 9.17) is 20.8 Å². The molecule has 0 aromatic heterocycles. The molecule has 16 heteroatoms. The number of amides is 2. The highest BCUT2D eigenvalue weighted by Gasteiger charge is 2.68. The van der Waals surface area contributed by atoms with Crippen molar-refractivity contribution in [3.63, 3.8) is 0 Å². The molecular weight excluding hydrogens is 804 g/mol. The SMILES string of the molecule is C[C@H](CC(=O)[C@H](CCCCN)NC(=O)[C@H](C)CC(=O)[C@@H](NC(=O)[C@H](CCN)CC(=O)c1ccc(-c2ccccc2C(F)(F)F)cc1)[C@@H](C)O)B1OC2C[C@@H]3C[C@@H](C3(C)C)[C@]2(C)O1. The van der Waals surface area contributed by atoms with Gasteiger partial charge in [-0.15, -0.1) is 0 Å². The number of ketones is 3. The molecule has 1 aliphatic heterocycles. The van der Waals surface area contributed by atoms with Gasteiger partial charge in [-0.1, -0.05) is 70.2 Å². The number of benzene rings is 2. The average molecular weight is 869 g/mol. The normalized spacial score (nSPS) is 24.4. The standard InChI is InChI=1S/C46H64BF3N4O8/c1-26(42(59)53-35(13-9-10-19-51)37(57)22-27(2)47-61-40-25-32-24-39(44(32,4)5)45(40,6)62-47)21-38(58)41(28(3)55)54-43(60)31(18-20-52)23-36(56)30-16-14-29(15-17-30)33-11-7-8-12-34(33)46(48,49)50/h7-8,11-12,14-17,26-28,31-32,35,39-41,55H,9-10,13,18-25,51-52H2,1-6H3,(H,53,59)(H,54,60)/t26-,27-,28-,31-,32+,35+,39+,40?,41+,45+/m1/s1. The van der Waals surface area contributed by atoms with Crippen LogP contribution in [0.15, 0.2) is 48.5 Å². The van der Waals surface area contributed by atoms with Crippen LogP contribution in [0.1, 0.15) is 115 Å². The van der Waals surface area contributed by atoms with Gasteiger partial charge in [-0.2, -0.15) is 13.2 Å². The molecule has 2 aromatic carbocycles. The number of hydrogen-bond donors (Lipinski definition) is 5. The van der Waals surface area contributed by atoms with Gasteiger partial charge < -0.3 is 36.5 Å². The number of carbonyl (C=O) groups excluding carboxylic acids is 5. The van der Waals surface area contributed by atoms with Crippen LogP contribution in [-0.2, 0) is 34.7 Å². The third kappa shape index (κ3) is 11.0. The van der Waals surface area contributed by atoms with Crippen LogP contribution in [0, 0.1) is 29.1 Å². The van der Waals surface area contributed by atoms with E-state index in [1.807, 2.05) is 6.92 Å². The van der Waals surface area contributed by atoms with Crippen LogP contribution in [0.5, 0.6) is 0 Å². The first-order chi connectivity index (χ1) is 29.1. The average Bonchev–Trinajstić information content (AvgIpc) is 3.59. The maximum atomic E-state index is 13.8. The zero-order valence-corrected chi connectivity index (χ0v) is 36.8. The summed E-state index contributed by atoms with van der Waals surface area (Å²) in [5.74, 6) is -3.79. The molecule has 10 atom stereocenters. The molecule has 62 heavy (non-hydrogen) atoms. The minimum Gasteiger partial charge on any atom is -0.405 e. The Morgan fingerprint density at radius 3 is 2.15 bits per heavy atom. The number of Topliss-reactive ketones (excluding diaryl/α,β-unsaturated/α-hetero) is 3. The molecule has 2 aromatic rings. The third-order valence-corrected chi connectivity index (χ3v) is 13.8. The molecule has 4 aliphatic rings. The molecule has 3 saturated carbocycles. The van der Waals surface area contributed by atoms with Gasteiger partial charge in [0.15, 0.2) is 17.3 Å². The number of aliphatic hydroxyl groups is 1. The molecule has 1 heterocycles. The van der Waals surface area contributed by atoms with Crippen LogP contribution in [-0.4, -0.2) is 84.4 Å².